The lowest BCUT2D eigenvalue weighted by molar-refractivity contribution is -0.189. The van der Waals surface area contributed by atoms with Crippen molar-refractivity contribution in [1.29, 1.82) is 0 Å². The Morgan fingerprint density at radius 1 is 1.33 bits per heavy atom. The molecule has 0 saturated heterocycles. The van der Waals surface area contributed by atoms with Gasteiger partial charge in [0, 0.05) is 0 Å². The molecule has 0 saturated carbocycles. The van der Waals surface area contributed by atoms with E-state index in [2.05, 4.69) is 18.6 Å². The maximum absolute atomic E-state index is 12.1. The summed E-state index contributed by atoms with van der Waals surface area (Å²) in [6.45, 7) is 4.17. The molecule has 2 unspecified atom stereocenters. The lowest BCUT2D eigenvalue weighted by Gasteiger charge is -2.10. The van der Waals surface area contributed by atoms with Gasteiger partial charge < -0.3 is 4.74 Å². The van der Waals surface area contributed by atoms with Gasteiger partial charge in [-0.1, -0.05) is 19.9 Å². The van der Waals surface area contributed by atoms with E-state index in [0.29, 0.717) is 11.8 Å². The first-order chi connectivity index (χ1) is 8.29. The molecule has 2 rings (SSSR count). The minimum Gasteiger partial charge on any atom is -0.420 e. The van der Waals surface area contributed by atoms with Crippen molar-refractivity contribution >= 4 is 5.97 Å². The Labute approximate surface area is 103 Å². The van der Waals surface area contributed by atoms with Gasteiger partial charge in [-0.2, -0.15) is 13.2 Å². The Morgan fingerprint density at radius 3 is 2.61 bits per heavy atom. The van der Waals surface area contributed by atoms with E-state index in [9.17, 15) is 18.0 Å². The highest BCUT2D eigenvalue weighted by Crippen LogP contribution is 2.38. The zero-order valence-corrected chi connectivity index (χ0v) is 10.0. The largest absolute Gasteiger partial charge is 0.491 e. The Kier molecular flexibility index (Phi) is 3.09. The summed E-state index contributed by atoms with van der Waals surface area (Å²) in [6.07, 6.45) is -4.16. The first-order valence-electron chi connectivity index (χ1n) is 5.71. The molecule has 0 radical (unpaired) electrons. The van der Waals surface area contributed by atoms with Crippen molar-refractivity contribution in [3.63, 3.8) is 0 Å². The number of rotatable bonds is 1. The van der Waals surface area contributed by atoms with Crippen molar-refractivity contribution in [2.24, 2.45) is 5.92 Å². The molecule has 5 heteroatoms. The summed E-state index contributed by atoms with van der Waals surface area (Å²) < 4.78 is 40.5. The van der Waals surface area contributed by atoms with Crippen LogP contribution in [0.25, 0.3) is 0 Å². The molecule has 2 atom stereocenters. The standard InChI is InChI=1S/C13H13F3O2/c1-7-5-9-6-10(3-4-11(9)8(7)2)18-12(17)13(14,15)16/h3-4,6-8H,5H2,1-2H3. The van der Waals surface area contributed by atoms with Crippen molar-refractivity contribution in [2.75, 3.05) is 0 Å². The molecule has 0 N–H and O–H groups in total. The van der Waals surface area contributed by atoms with Crippen LogP contribution >= 0.6 is 0 Å². The molecule has 0 amide bonds. The molecule has 1 aromatic rings. The van der Waals surface area contributed by atoms with Crippen molar-refractivity contribution in [3.05, 3.63) is 29.3 Å². The Balaban J connectivity index is 2.19. The molecule has 18 heavy (non-hydrogen) atoms. The van der Waals surface area contributed by atoms with Crippen LogP contribution in [0.15, 0.2) is 18.2 Å². The second-order valence-corrected chi connectivity index (χ2v) is 4.72. The monoisotopic (exact) mass is 258 g/mol. The predicted molar refractivity (Wildman–Crippen MR) is 59.4 cm³/mol. The maximum Gasteiger partial charge on any atom is 0.491 e. The van der Waals surface area contributed by atoms with Gasteiger partial charge in [-0.25, -0.2) is 4.79 Å². The number of carbonyl (C=O) groups is 1. The van der Waals surface area contributed by atoms with Gasteiger partial charge in [-0.05, 0) is 41.5 Å². The summed E-state index contributed by atoms with van der Waals surface area (Å²) in [6, 6.07) is 4.68. The highest BCUT2D eigenvalue weighted by molar-refractivity contribution is 5.78. The van der Waals surface area contributed by atoms with Crippen LogP contribution in [0.4, 0.5) is 13.2 Å². The summed E-state index contributed by atoms with van der Waals surface area (Å²) in [5.41, 5.74) is 2.08. The fourth-order valence-corrected chi connectivity index (χ4v) is 2.26. The van der Waals surface area contributed by atoms with E-state index in [1.54, 1.807) is 6.07 Å². The van der Waals surface area contributed by atoms with Crippen molar-refractivity contribution in [1.82, 2.24) is 0 Å². The number of fused-ring (bicyclic) bond motifs is 1. The van der Waals surface area contributed by atoms with Gasteiger partial charge in [0.2, 0.25) is 0 Å². The van der Waals surface area contributed by atoms with Crippen LogP contribution in [0.1, 0.15) is 30.9 Å². The van der Waals surface area contributed by atoms with Gasteiger partial charge in [-0.15, -0.1) is 0 Å². The average Bonchev–Trinajstić information content (AvgIpc) is 2.53. The minimum atomic E-state index is -4.96. The zero-order valence-electron chi connectivity index (χ0n) is 10.0. The van der Waals surface area contributed by atoms with Crippen molar-refractivity contribution < 1.29 is 22.7 Å². The van der Waals surface area contributed by atoms with Gasteiger partial charge >= 0.3 is 12.1 Å². The molecule has 0 aliphatic heterocycles. The summed E-state index contributed by atoms with van der Waals surface area (Å²) >= 11 is 0. The third kappa shape index (κ3) is 2.35. The number of halogens is 3. The molecule has 0 fully saturated rings. The van der Waals surface area contributed by atoms with Gasteiger partial charge in [0.15, 0.2) is 0 Å². The molecule has 0 spiro atoms. The second kappa shape index (κ2) is 4.30. The molecule has 2 nitrogen and oxygen atoms in total. The normalized spacial score (nSPS) is 22.7. The number of benzene rings is 1. The fourth-order valence-electron chi connectivity index (χ4n) is 2.26. The molecular weight excluding hydrogens is 245 g/mol. The lowest BCUT2D eigenvalue weighted by atomic mass is 9.97. The van der Waals surface area contributed by atoms with Gasteiger partial charge in [-0.3, -0.25) is 0 Å². The first kappa shape index (κ1) is 12.9. The van der Waals surface area contributed by atoms with E-state index in [1.165, 1.54) is 12.1 Å². The molecule has 0 bridgehead atoms. The summed E-state index contributed by atoms with van der Waals surface area (Å²) in [4.78, 5) is 10.7. The van der Waals surface area contributed by atoms with E-state index in [-0.39, 0.29) is 5.75 Å². The summed E-state index contributed by atoms with van der Waals surface area (Å²) in [5.74, 6) is -1.39. The lowest BCUT2D eigenvalue weighted by Crippen LogP contribution is -2.27. The Bertz CT molecular complexity index is 480. The predicted octanol–water partition coefficient (Wildman–Crippen LogP) is 3.45. The number of hydrogen-bond acceptors (Lipinski definition) is 2. The van der Waals surface area contributed by atoms with Crippen molar-refractivity contribution in [2.45, 2.75) is 32.4 Å². The molecule has 1 aliphatic rings. The van der Waals surface area contributed by atoms with Gasteiger partial charge in [0.25, 0.3) is 0 Å². The Morgan fingerprint density at radius 2 is 2.00 bits per heavy atom. The molecule has 1 aliphatic carbocycles. The van der Waals surface area contributed by atoms with E-state index >= 15 is 0 Å². The maximum atomic E-state index is 12.1. The summed E-state index contributed by atoms with van der Waals surface area (Å²) in [7, 11) is 0. The first-order valence-corrected chi connectivity index (χ1v) is 5.71. The van der Waals surface area contributed by atoms with Gasteiger partial charge in [0.1, 0.15) is 5.75 Å². The molecule has 98 valence electrons. The van der Waals surface area contributed by atoms with Crippen LogP contribution in [0, 0.1) is 5.92 Å². The van der Waals surface area contributed by atoms with Crippen molar-refractivity contribution in [3.8, 4) is 5.75 Å². The van der Waals surface area contributed by atoms with Crippen LogP contribution in [0.2, 0.25) is 0 Å². The van der Waals surface area contributed by atoms with E-state index in [0.717, 1.165) is 17.5 Å². The van der Waals surface area contributed by atoms with Crippen LogP contribution < -0.4 is 4.74 Å². The van der Waals surface area contributed by atoms with E-state index < -0.39 is 12.1 Å². The zero-order chi connectivity index (χ0) is 13.5. The third-order valence-corrected chi connectivity index (χ3v) is 3.44. The van der Waals surface area contributed by atoms with Crippen LogP contribution in [-0.4, -0.2) is 12.1 Å². The topological polar surface area (TPSA) is 26.3 Å². The minimum absolute atomic E-state index is 0.0441. The van der Waals surface area contributed by atoms with Gasteiger partial charge in [0.05, 0.1) is 0 Å². The fraction of sp³-hybridized carbons (Fsp3) is 0.462. The quantitative estimate of drug-likeness (QED) is 0.569. The van der Waals surface area contributed by atoms with E-state index in [4.69, 9.17) is 0 Å². The van der Waals surface area contributed by atoms with Crippen LogP contribution in [-0.2, 0) is 11.2 Å². The second-order valence-electron chi connectivity index (χ2n) is 4.72. The molecule has 1 aromatic carbocycles. The summed E-state index contributed by atoms with van der Waals surface area (Å²) in [5, 5.41) is 0. The Hall–Kier alpha value is -1.52. The number of ether oxygens (including phenoxy) is 1. The number of alkyl halides is 3. The number of esters is 1. The highest BCUT2D eigenvalue weighted by atomic mass is 19.4. The van der Waals surface area contributed by atoms with Crippen LogP contribution in [0.5, 0.6) is 5.75 Å². The number of carbonyl (C=O) groups excluding carboxylic acids is 1. The smallest absolute Gasteiger partial charge is 0.420 e. The molecule has 0 heterocycles. The SMILES string of the molecule is CC1Cc2cc(OC(=O)C(F)(F)F)ccc2C1C. The molecule has 0 aromatic heterocycles. The number of hydrogen-bond donors (Lipinski definition) is 0. The van der Waals surface area contributed by atoms with Crippen LogP contribution in [0.3, 0.4) is 0 Å². The average molecular weight is 258 g/mol. The molecular formula is C13H13F3O2. The van der Waals surface area contributed by atoms with E-state index in [1.807, 2.05) is 0 Å². The highest BCUT2D eigenvalue weighted by Gasteiger charge is 2.41. The third-order valence-electron chi connectivity index (χ3n) is 3.44.